The Morgan fingerprint density at radius 2 is 2.19 bits per heavy atom. The van der Waals surface area contributed by atoms with Gasteiger partial charge in [-0.3, -0.25) is 0 Å². The highest BCUT2D eigenvalue weighted by Crippen LogP contribution is 2.14. The average molecular weight is 224 g/mol. The molecule has 0 saturated heterocycles. The van der Waals surface area contributed by atoms with Crippen LogP contribution >= 0.6 is 0 Å². The fourth-order valence-corrected chi connectivity index (χ4v) is 1.43. The minimum atomic E-state index is 0.0876. The largest absolute Gasteiger partial charge is 0.478 e. The van der Waals surface area contributed by atoms with E-state index in [0.29, 0.717) is 18.4 Å². The summed E-state index contributed by atoms with van der Waals surface area (Å²) in [6.07, 6.45) is 0. The van der Waals surface area contributed by atoms with E-state index < -0.39 is 0 Å². The first-order chi connectivity index (χ1) is 7.52. The zero-order chi connectivity index (χ0) is 12.1. The zero-order valence-corrected chi connectivity index (χ0v) is 10.4. The number of aromatic nitrogens is 2. The lowest BCUT2D eigenvalue weighted by Crippen LogP contribution is -2.33. The molecule has 1 rings (SSSR count). The maximum absolute atomic E-state index is 5.74. The third-order valence-electron chi connectivity index (χ3n) is 2.01. The molecule has 0 saturated carbocycles. The predicted molar refractivity (Wildman–Crippen MR) is 64.9 cm³/mol. The molecule has 0 aromatic carbocycles. The highest BCUT2D eigenvalue weighted by atomic mass is 16.5. The van der Waals surface area contributed by atoms with E-state index in [1.165, 1.54) is 0 Å². The monoisotopic (exact) mass is 224 g/mol. The van der Waals surface area contributed by atoms with Gasteiger partial charge in [-0.1, -0.05) is 0 Å². The second kappa shape index (κ2) is 5.65. The number of likely N-dealkylation sites (N-methyl/N-ethyl adjacent to an activating group) is 1. The predicted octanol–water partition coefficient (Wildman–Crippen LogP) is 0.967. The van der Waals surface area contributed by atoms with Crippen LogP contribution in [0.2, 0.25) is 0 Å². The second-order valence-electron chi connectivity index (χ2n) is 3.94. The summed E-state index contributed by atoms with van der Waals surface area (Å²) in [5.41, 5.74) is 6.63. The molecule has 5 heteroatoms. The molecule has 0 bridgehead atoms. The van der Waals surface area contributed by atoms with Crippen LogP contribution in [0.4, 0.5) is 5.95 Å². The number of rotatable bonds is 5. The Morgan fingerprint density at radius 1 is 1.50 bits per heavy atom. The van der Waals surface area contributed by atoms with Gasteiger partial charge in [-0.05, 0) is 20.8 Å². The highest BCUT2D eigenvalue weighted by molar-refractivity contribution is 5.33. The van der Waals surface area contributed by atoms with Crippen molar-refractivity contribution in [2.45, 2.75) is 26.8 Å². The molecular formula is C11H20N4O. The van der Waals surface area contributed by atoms with Crippen LogP contribution < -0.4 is 15.4 Å². The first-order valence-electron chi connectivity index (χ1n) is 5.48. The molecule has 0 fully saturated rings. The van der Waals surface area contributed by atoms with Gasteiger partial charge in [-0.2, -0.15) is 4.98 Å². The van der Waals surface area contributed by atoms with Gasteiger partial charge in [0, 0.05) is 31.4 Å². The molecular weight excluding hydrogens is 204 g/mol. The van der Waals surface area contributed by atoms with Crippen molar-refractivity contribution in [3.63, 3.8) is 0 Å². The number of hydrogen-bond donors (Lipinski definition) is 1. The molecule has 0 aliphatic carbocycles. The highest BCUT2D eigenvalue weighted by Gasteiger charge is 2.09. The van der Waals surface area contributed by atoms with Crippen molar-refractivity contribution >= 4 is 5.95 Å². The van der Waals surface area contributed by atoms with Gasteiger partial charge in [0.25, 0.3) is 0 Å². The molecule has 5 nitrogen and oxygen atoms in total. The Morgan fingerprint density at radius 3 is 2.75 bits per heavy atom. The molecule has 1 unspecified atom stereocenters. The van der Waals surface area contributed by atoms with Crippen molar-refractivity contribution in [1.82, 2.24) is 9.97 Å². The van der Waals surface area contributed by atoms with E-state index in [-0.39, 0.29) is 6.04 Å². The van der Waals surface area contributed by atoms with Gasteiger partial charge in [-0.25, -0.2) is 4.98 Å². The number of aryl methyl sites for hydroxylation is 1. The molecule has 0 amide bonds. The van der Waals surface area contributed by atoms with E-state index in [9.17, 15) is 0 Å². The molecule has 90 valence electrons. The van der Waals surface area contributed by atoms with E-state index >= 15 is 0 Å². The minimum Gasteiger partial charge on any atom is -0.478 e. The summed E-state index contributed by atoms with van der Waals surface area (Å²) in [7, 11) is 1.92. The van der Waals surface area contributed by atoms with Crippen LogP contribution in [-0.2, 0) is 0 Å². The molecule has 2 N–H and O–H groups in total. The van der Waals surface area contributed by atoms with Crippen LogP contribution in [-0.4, -0.2) is 36.2 Å². The number of nitrogens with zero attached hydrogens (tertiary/aromatic N) is 3. The lowest BCUT2D eigenvalue weighted by molar-refractivity contribution is 0.326. The van der Waals surface area contributed by atoms with E-state index in [4.69, 9.17) is 10.5 Å². The first kappa shape index (κ1) is 12.7. The van der Waals surface area contributed by atoms with Gasteiger partial charge in [0.05, 0.1) is 6.61 Å². The summed E-state index contributed by atoms with van der Waals surface area (Å²) in [5.74, 6) is 1.27. The number of hydrogen-bond acceptors (Lipinski definition) is 5. The smallest absolute Gasteiger partial charge is 0.228 e. The van der Waals surface area contributed by atoms with Gasteiger partial charge in [0.15, 0.2) is 0 Å². The molecule has 0 aliphatic heterocycles. The van der Waals surface area contributed by atoms with Crippen molar-refractivity contribution in [2.75, 3.05) is 25.1 Å². The van der Waals surface area contributed by atoms with Gasteiger partial charge in [-0.15, -0.1) is 0 Å². The van der Waals surface area contributed by atoms with Gasteiger partial charge in [0.1, 0.15) is 0 Å². The minimum absolute atomic E-state index is 0.0876. The molecule has 1 heterocycles. The Kier molecular flexibility index (Phi) is 4.49. The topological polar surface area (TPSA) is 64.3 Å². The zero-order valence-electron chi connectivity index (χ0n) is 10.4. The SMILES string of the molecule is CCOc1cc(C)nc(N(C)CC(C)N)n1. The summed E-state index contributed by atoms with van der Waals surface area (Å²) in [6.45, 7) is 7.13. The van der Waals surface area contributed by atoms with Crippen molar-refractivity contribution in [1.29, 1.82) is 0 Å². The maximum Gasteiger partial charge on any atom is 0.228 e. The molecule has 0 spiro atoms. The number of anilines is 1. The van der Waals surface area contributed by atoms with E-state index in [2.05, 4.69) is 9.97 Å². The van der Waals surface area contributed by atoms with Gasteiger partial charge < -0.3 is 15.4 Å². The van der Waals surface area contributed by atoms with E-state index in [0.717, 1.165) is 12.2 Å². The molecule has 1 aromatic heterocycles. The van der Waals surface area contributed by atoms with E-state index in [1.807, 2.05) is 38.8 Å². The third kappa shape index (κ3) is 3.66. The normalized spacial score (nSPS) is 12.3. The molecule has 0 radical (unpaired) electrons. The van der Waals surface area contributed by atoms with Crippen molar-refractivity contribution in [2.24, 2.45) is 5.73 Å². The van der Waals surface area contributed by atoms with Crippen LogP contribution in [0.3, 0.4) is 0 Å². The summed E-state index contributed by atoms with van der Waals surface area (Å²) in [5, 5.41) is 0. The average Bonchev–Trinajstić information content (AvgIpc) is 2.16. The lowest BCUT2D eigenvalue weighted by atomic mass is 10.3. The Labute approximate surface area is 96.6 Å². The molecule has 16 heavy (non-hydrogen) atoms. The maximum atomic E-state index is 5.74. The van der Waals surface area contributed by atoms with Gasteiger partial charge >= 0.3 is 0 Å². The van der Waals surface area contributed by atoms with E-state index in [1.54, 1.807) is 0 Å². The second-order valence-corrected chi connectivity index (χ2v) is 3.94. The third-order valence-corrected chi connectivity index (χ3v) is 2.01. The summed E-state index contributed by atoms with van der Waals surface area (Å²) < 4.78 is 5.37. The van der Waals surface area contributed by atoms with Crippen molar-refractivity contribution in [3.05, 3.63) is 11.8 Å². The Balaban J connectivity index is 2.86. The molecule has 1 atom stereocenters. The van der Waals surface area contributed by atoms with Crippen LogP contribution in [0.5, 0.6) is 5.88 Å². The first-order valence-corrected chi connectivity index (χ1v) is 5.48. The summed E-state index contributed by atoms with van der Waals surface area (Å²) in [4.78, 5) is 10.6. The van der Waals surface area contributed by atoms with Crippen LogP contribution in [0, 0.1) is 6.92 Å². The van der Waals surface area contributed by atoms with Gasteiger partial charge in [0.2, 0.25) is 11.8 Å². The summed E-state index contributed by atoms with van der Waals surface area (Å²) >= 11 is 0. The van der Waals surface area contributed by atoms with Crippen molar-refractivity contribution in [3.8, 4) is 5.88 Å². The quantitative estimate of drug-likeness (QED) is 0.807. The fraction of sp³-hybridized carbons (Fsp3) is 0.636. The van der Waals surface area contributed by atoms with Crippen molar-refractivity contribution < 1.29 is 4.74 Å². The number of ether oxygens (including phenoxy) is 1. The number of nitrogens with two attached hydrogens (primary N) is 1. The lowest BCUT2D eigenvalue weighted by Gasteiger charge is -2.19. The van der Waals surface area contributed by atoms with Crippen LogP contribution in [0.25, 0.3) is 0 Å². The molecule has 0 aliphatic rings. The Hall–Kier alpha value is -1.36. The van der Waals surface area contributed by atoms with Crippen LogP contribution in [0.1, 0.15) is 19.5 Å². The fourth-order valence-electron chi connectivity index (χ4n) is 1.43. The Bertz CT molecular complexity index is 341. The summed E-state index contributed by atoms with van der Waals surface area (Å²) in [6, 6.07) is 1.91. The standard InChI is InChI=1S/C11H20N4O/c1-5-16-10-6-9(3)13-11(14-10)15(4)7-8(2)12/h6,8H,5,7,12H2,1-4H3. The molecule has 1 aromatic rings. The van der Waals surface area contributed by atoms with Crippen LogP contribution in [0.15, 0.2) is 6.07 Å².